The predicted molar refractivity (Wildman–Crippen MR) is 85.5 cm³/mol. The number of carbonyl (C=O) groups excluding carboxylic acids is 1. The van der Waals surface area contributed by atoms with Gasteiger partial charge >= 0.3 is 0 Å². The molecule has 0 bridgehead atoms. The molecule has 0 heterocycles. The molecule has 1 aliphatic rings. The fourth-order valence-corrected chi connectivity index (χ4v) is 2.85. The van der Waals surface area contributed by atoms with Crippen molar-refractivity contribution in [3.05, 3.63) is 0 Å². The van der Waals surface area contributed by atoms with Gasteiger partial charge in [0.25, 0.3) is 0 Å². The molecule has 1 rings (SSSR count). The van der Waals surface area contributed by atoms with Crippen LogP contribution in [0, 0.1) is 11.8 Å². The lowest BCUT2D eigenvalue weighted by molar-refractivity contribution is -0.138. The Kier molecular flexibility index (Phi) is 7.01. The smallest absolute Gasteiger partial charge is 0.242 e. The van der Waals surface area contributed by atoms with Crippen LogP contribution in [0.3, 0.4) is 0 Å². The fraction of sp³-hybridized carbons (Fsp3) is 0.941. The first kappa shape index (κ1) is 17.5. The maximum absolute atomic E-state index is 12.8. The van der Waals surface area contributed by atoms with Gasteiger partial charge in [-0.2, -0.15) is 0 Å². The summed E-state index contributed by atoms with van der Waals surface area (Å²) in [6.07, 6.45) is 7.30. The molecule has 0 aromatic heterocycles. The predicted octanol–water partition coefficient (Wildman–Crippen LogP) is 3.57. The molecule has 0 aromatic rings. The standard InChI is InChI=1S/C17H34N2O/c1-14(2)8-12-19(13-9-15(3)4)16(20)17(18)10-6-5-7-11-17/h14-15H,5-13,18H2,1-4H3. The van der Waals surface area contributed by atoms with Gasteiger partial charge in [0.05, 0.1) is 5.54 Å². The van der Waals surface area contributed by atoms with Crippen molar-refractivity contribution in [3.8, 4) is 0 Å². The van der Waals surface area contributed by atoms with Gasteiger partial charge in [-0.05, 0) is 37.5 Å². The van der Waals surface area contributed by atoms with Crippen molar-refractivity contribution in [2.24, 2.45) is 17.6 Å². The van der Waals surface area contributed by atoms with Crippen LogP contribution in [0.15, 0.2) is 0 Å². The molecule has 2 N–H and O–H groups in total. The summed E-state index contributed by atoms with van der Waals surface area (Å²) in [5.74, 6) is 1.47. The topological polar surface area (TPSA) is 46.3 Å². The molecule has 3 heteroatoms. The lowest BCUT2D eigenvalue weighted by Gasteiger charge is -2.37. The van der Waals surface area contributed by atoms with Crippen LogP contribution in [0.2, 0.25) is 0 Å². The minimum absolute atomic E-state index is 0.207. The molecule has 0 aliphatic heterocycles. The molecule has 0 atom stereocenters. The minimum Gasteiger partial charge on any atom is -0.341 e. The second-order valence-electron chi connectivity index (χ2n) is 7.37. The van der Waals surface area contributed by atoms with Crippen LogP contribution in [0.5, 0.6) is 0 Å². The SMILES string of the molecule is CC(C)CCN(CCC(C)C)C(=O)C1(N)CCCCC1. The monoisotopic (exact) mass is 282 g/mol. The molecular formula is C17H34N2O. The first-order valence-electron chi connectivity index (χ1n) is 8.43. The first-order chi connectivity index (χ1) is 9.35. The first-order valence-corrected chi connectivity index (χ1v) is 8.43. The van der Waals surface area contributed by atoms with Gasteiger partial charge in [-0.3, -0.25) is 4.79 Å². The highest BCUT2D eigenvalue weighted by atomic mass is 16.2. The normalized spacial score (nSPS) is 18.6. The summed E-state index contributed by atoms with van der Waals surface area (Å²) < 4.78 is 0. The second kappa shape index (κ2) is 8.02. The summed E-state index contributed by atoms with van der Waals surface area (Å²) in [5, 5.41) is 0. The van der Waals surface area contributed by atoms with E-state index in [1.54, 1.807) is 0 Å². The number of hydrogen-bond acceptors (Lipinski definition) is 2. The van der Waals surface area contributed by atoms with E-state index in [1.807, 2.05) is 4.90 Å². The molecule has 0 unspecified atom stereocenters. The molecule has 3 nitrogen and oxygen atoms in total. The Morgan fingerprint density at radius 2 is 1.45 bits per heavy atom. The van der Waals surface area contributed by atoms with Crippen LogP contribution in [-0.2, 0) is 4.79 Å². The summed E-state index contributed by atoms with van der Waals surface area (Å²) in [7, 11) is 0. The number of amides is 1. The number of nitrogens with zero attached hydrogens (tertiary/aromatic N) is 1. The van der Waals surface area contributed by atoms with Crippen molar-refractivity contribution in [2.45, 2.75) is 78.2 Å². The van der Waals surface area contributed by atoms with Crippen molar-refractivity contribution >= 4 is 5.91 Å². The quantitative estimate of drug-likeness (QED) is 0.776. The van der Waals surface area contributed by atoms with E-state index in [0.29, 0.717) is 11.8 Å². The Balaban J connectivity index is 2.66. The van der Waals surface area contributed by atoms with E-state index in [9.17, 15) is 4.79 Å². The van der Waals surface area contributed by atoms with Crippen LogP contribution >= 0.6 is 0 Å². The molecule has 0 aromatic carbocycles. The van der Waals surface area contributed by atoms with Gasteiger partial charge in [-0.1, -0.05) is 47.0 Å². The summed E-state index contributed by atoms with van der Waals surface area (Å²) in [5.41, 5.74) is 5.85. The van der Waals surface area contributed by atoms with Gasteiger partial charge in [0, 0.05) is 13.1 Å². The van der Waals surface area contributed by atoms with Gasteiger partial charge in [-0.25, -0.2) is 0 Å². The Hall–Kier alpha value is -0.570. The maximum Gasteiger partial charge on any atom is 0.242 e. The molecular weight excluding hydrogens is 248 g/mol. The van der Waals surface area contributed by atoms with E-state index in [1.165, 1.54) is 6.42 Å². The highest BCUT2D eigenvalue weighted by molar-refractivity contribution is 5.86. The summed E-state index contributed by atoms with van der Waals surface area (Å²) >= 11 is 0. The van der Waals surface area contributed by atoms with E-state index >= 15 is 0 Å². The molecule has 1 saturated carbocycles. The zero-order chi connectivity index (χ0) is 15.2. The Labute approximate surface area is 125 Å². The second-order valence-corrected chi connectivity index (χ2v) is 7.37. The van der Waals surface area contributed by atoms with Gasteiger partial charge < -0.3 is 10.6 Å². The third-order valence-electron chi connectivity index (χ3n) is 4.41. The molecule has 0 radical (unpaired) electrons. The number of rotatable bonds is 7. The minimum atomic E-state index is -0.577. The van der Waals surface area contributed by atoms with Crippen LogP contribution in [0.1, 0.15) is 72.6 Å². The van der Waals surface area contributed by atoms with E-state index in [0.717, 1.165) is 51.6 Å². The van der Waals surface area contributed by atoms with E-state index in [2.05, 4.69) is 27.7 Å². The van der Waals surface area contributed by atoms with Crippen molar-refractivity contribution in [1.82, 2.24) is 4.90 Å². The maximum atomic E-state index is 12.8. The summed E-state index contributed by atoms with van der Waals surface area (Å²) in [6.45, 7) is 10.6. The van der Waals surface area contributed by atoms with Crippen molar-refractivity contribution in [2.75, 3.05) is 13.1 Å². The Morgan fingerprint density at radius 1 is 1.00 bits per heavy atom. The summed E-state index contributed by atoms with van der Waals surface area (Å²) in [6, 6.07) is 0. The van der Waals surface area contributed by atoms with E-state index < -0.39 is 5.54 Å². The molecule has 1 fully saturated rings. The average molecular weight is 282 g/mol. The number of nitrogens with two attached hydrogens (primary N) is 1. The zero-order valence-electron chi connectivity index (χ0n) is 14.0. The summed E-state index contributed by atoms with van der Waals surface area (Å²) in [4.78, 5) is 14.9. The molecule has 20 heavy (non-hydrogen) atoms. The Bertz CT molecular complexity index is 281. The van der Waals surface area contributed by atoms with Crippen LogP contribution in [0.25, 0.3) is 0 Å². The highest BCUT2D eigenvalue weighted by Crippen LogP contribution is 2.28. The van der Waals surface area contributed by atoms with Gasteiger partial charge in [-0.15, -0.1) is 0 Å². The number of hydrogen-bond donors (Lipinski definition) is 1. The molecule has 1 amide bonds. The molecule has 0 saturated heterocycles. The zero-order valence-corrected chi connectivity index (χ0v) is 14.0. The van der Waals surface area contributed by atoms with E-state index in [-0.39, 0.29) is 5.91 Å². The highest BCUT2D eigenvalue weighted by Gasteiger charge is 2.38. The fourth-order valence-electron chi connectivity index (χ4n) is 2.85. The lowest BCUT2D eigenvalue weighted by Crippen LogP contribution is -2.56. The van der Waals surface area contributed by atoms with Gasteiger partial charge in [0.15, 0.2) is 0 Å². The van der Waals surface area contributed by atoms with Crippen LogP contribution < -0.4 is 5.73 Å². The Morgan fingerprint density at radius 3 is 1.85 bits per heavy atom. The van der Waals surface area contributed by atoms with Crippen LogP contribution in [0.4, 0.5) is 0 Å². The van der Waals surface area contributed by atoms with Gasteiger partial charge in [0.1, 0.15) is 0 Å². The molecule has 118 valence electrons. The largest absolute Gasteiger partial charge is 0.341 e. The van der Waals surface area contributed by atoms with E-state index in [4.69, 9.17) is 5.73 Å². The van der Waals surface area contributed by atoms with Crippen molar-refractivity contribution in [1.29, 1.82) is 0 Å². The molecule has 1 aliphatic carbocycles. The lowest BCUT2D eigenvalue weighted by atomic mass is 9.81. The third kappa shape index (κ3) is 5.43. The average Bonchev–Trinajstić information content (AvgIpc) is 2.38. The van der Waals surface area contributed by atoms with Gasteiger partial charge in [0.2, 0.25) is 5.91 Å². The third-order valence-corrected chi connectivity index (χ3v) is 4.41. The van der Waals surface area contributed by atoms with Crippen LogP contribution in [-0.4, -0.2) is 29.4 Å². The molecule has 0 spiro atoms. The van der Waals surface area contributed by atoms with Crippen molar-refractivity contribution < 1.29 is 4.79 Å². The number of carbonyl (C=O) groups is 1. The van der Waals surface area contributed by atoms with Crippen molar-refractivity contribution in [3.63, 3.8) is 0 Å².